The predicted octanol–water partition coefficient (Wildman–Crippen LogP) is 3.95. The summed E-state index contributed by atoms with van der Waals surface area (Å²) in [5.41, 5.74) is 2.46. The molecule has 1 atom stereocenters. The normalized spacial score (nSPS) is 14.8. The van der Waals surface area contributed by atoms with Crippen LogP contribution in [0.4, 0.5) is 5.69 Å². The predicted molar refractivity (Wildman–Crippen MR) is 144 cm³/mol. The van der Waals surface area contributed by atoms with Crippen LogP contribution in [0.25, 0.3) is 0 Å². The zero-order valence-corrected chi connectivity index (χ0v) is 22.3. The summed E-state index contributed by atoms with van der Waals surface area (Å²) in [6.07, 6.45) is 0.279. The van der Waals surface area contributed by atoms with Crippen molar-refractivity contribution < 1.29 is 33.4 Å². The molecule has 202 valence electrons. The van der Waals surface area contributed by atoms with Crippen LogP contribution in [0.2, 0.25) is 0 Å². The Kier molecular flexibility index (Phi) is 8.29. The summed E-state index contributed by atoms with van der Waals surface area (Å²) in [6.45, 7) is 3.32. The summed E-state index contributed by atoms with van der Waals surface area (Å²) in [5, 5.41) is 0. The van der Waals surface area contributed by atoms with E-state index in [2.05, 4.69) is 0 Å². The molecule has 1 saturated heterocycles. The highest BCUT2D eigenvalue weighted by Gasteiger charge is 2.44. The molecule has 9 heteroatoms. The van der Waals surface area contributed by atoms with Crippen LogP contribution in [-0.2, 0) is 20.8 Å². The van der Waals surface area contributed by atoms with Gasteiger partial charge in [-0.2, -0.15) is 0 Å². The Hall–Kier alpha value is -4.66. The molecule has 1 aliphatic rings. The molecule has 0 N–H and O–H groups in total. The minimum absolute atomic E-state index is 0.145. The molecule has 3 amide bonds. The van der Waals surface area contributed by atoms with Gasteiger partial charge in [-0.1, -0.05) is 24.3 Å². The summed E-state index contributed by atoms with van der Waals surface area (Å²) in [7, 11) is 3.10. The fraction of sp³-hybridized carbons (Fsp3) is 0.267. The van der Waals surface area contributed by atoms with E-state index >= 15 is 0 Å². The van der Waals surface area contributed by atoms with Crippen molar-refractivity contribution in [2.24, 2.45) is 0 Å². The second-order valence-corrected chi connectivity index (χ2v) is 9.13. The van der Waals surface area contributed by atoms with Crippen molar-refractivity contribution in [2.75, 3.05) is 25.7 Å². The lowest BCUT2D eigenvalue weighted by Crippen LogP contribution is -2.46. The number of nitrogens with zero attached hydrogens (tertiary/aromatic N) is 2. The second kappa shape index (κ2) is 11.8. The monoisotopic (exact) mass is 530 g/mol. The Balaban J connectivity index is 1.63. The number of methoxy groups -OCH3 is 2. The van der Waals surface area contributed by atoms with Crippen LogP contribution < -0.4 is 19.1 Å². The Morgan fingerprint density at radius 2 is 1.64 bits per heavy atom. The van der Waals surface area contributed by atoms with Gasteiger partial charge in [0.05, 0.1) is 26.3 Å². The van der Waals surface area contributed by atoms with Crippen LogP contribution in [0.3, 0.4) is 0 Å². The highest BCUT2D eigenvalue weighted by atomic mass is 16.5. The van der Waals surface area contributed by atoms with Crippen molar-refractivity contribution >= 4 is 29.4 Å². The molecule has 39 heavy (non-hydrogen) atoms. The standard InChI is InChI=1S/C30H30N2O7/c1-19-7-5-6-8-24(19)29(35)31(16-15-21-9-14-26(37-3)27(17-21)38-4)25-18-28(34)32(30(25)36)22-10-12-23(13-11-22)39-20(2)33/h5-14,17,25H,15-16,18H2,1-4H3. The molecule has 1 heterocycles. The quantitative estimate of drug-likeness (QED) is 0.234. The molecule has 3 aromatic carbocycles. The number of ether oxygens (including phenoxy) is 3. The number of carbonyl (C=O) groups excluding carboxylic acids is 4. The van der Waals surface area contributed by atoms with Crippen molar-refractivity contribution in [3.8, 4) is 17.2 Å². The molecule has 0 aliphatic carbocycles. The van der Waals surface area contributed by atoms with Gasteiger partial charge in [-0.25, -0.2) is 4.90 Å². The Bertz CT molecular complexity index is 1400. The molecule has 0 aromatic heterocycles. The minimum atomic E-state index is -0.974. The highest BCUT2D eigenvalue weighted by Crippen LogP contribution is 2.30. The molecule has 1 fully saturated rings. The molecular formula is C30H30N2O7. The number of carbonyl (C=O) groups is 4. The van der Waals surface area contributed by atoms with Crippen molar-refractivity contribution in [3.05, 3.63) is 83.4 Å². The van der Waals surface area contributed by atoms with Crippen LogP contribution in [-0.4, -0.2) is 55.4 Å². The third-order valence-electron chi connectivity index (χ3n) is 6.58. The van der Waals surface area contributed by atoms with Crippen LogP contribution in [0.1, 0.15) is 34.8 Å². The van der Waals surface area contributed by atoms with Gasteiger partial charge in [-0.05, 0) is 66.9 Å². The summed E-state index contributed by atoms with van der Waals surface area (Å²) in [6, 6.07) is 17.8. The van der Waals surface area contributed by atoms with Crippen molar-refractivity contribution in [3.63, 3.8) is 0 Å². The molecule has 0 spiro atoms. The maximum atomic E-state index is 13.8. The number of benzene rings is 3. The molecule has 0 bridgehead atoms. The lowest BCUT2D eigenvalue weighted by Gasteiger charge is -2.28. The van der Waals surface area contributed by atoms with Gasteiger partial charge in [0.1, 0.15) is 11.8 Å². The van der Waals surface area contributed by atoms with E-state index in [1.807, 2.05) is 31.2 Å². The fourth-order valence-electron chi connectivity index (χ4n) is 4.61. The Labute approximate surface area is 226 Å². The zero-order valence-electron chi connectivity index (χ0n) is 22.3. The smallest absolute Gasteiger partial charge is 0.308 e. The van der Waals surface area contributed by atoms with E-state index in [0.717, 1.165) is 16.0 Å². The van der Waals surface area contributed by atoms with Gasteiger partial charge in [0.2, 0.25) is 5.91 Å². The van der Waals surface area contributed by atoms with Gasteiger partial charge in [-0.3, -0.25) is 19.2 Å². The van der Waals surface area contributed by atoms with E-state index < -0.39 is 23.8 Å². The summed E-state index contributed by atoms with van der Waals surface area (Å²) < 4.78 is 15.8. The first kappa shape index (κ1) is 27.4. The van der Waals surface area contributed by atoms with Crippen molar-refractivity contribution in [1.29, 1.82) is 0 Å². The fourth-order valence-corrected chi connectivity index (χ4v) is 4.61. The maximum absolute atomic E-state index is 13.8. The van der Waals surface area contributed by atoms with Crippen LogP contribution in [0, 0.1) is 6.92 Å². The number of hydrogen-bond donors (Lipinski definition) is 0. The number of aryl methyl sites for hydroxylation is 1. The average molecular weight is 531 g/mol. The van der Waals surface area contributed by atoms with E-state index in [0.29, 0.717) is 34.9 Å². The number of anilines is 1. The first-order chi connectivity index (χ1) is 18.7. The topological polar surface area (TPSA) is 102 Å². The lowest BCUT2D eigenvalue weighted by atomic mass is 10.0. The van der Waals surface area contributed by atoms with Crippen LogP contribution in [0.5, 0.6) is 17.2 Å². The lowest BCUT2D eigenvalue weighted by molar-refractivity contribution is -0.132. The number of imide groups is 1. The van der Waals surface area contributed by atoms with Gasteiger partial charge in [0.15, 0.2) is 11.5 Å². The van der Waals surface area contributed by atoms with Gasteiger partial charge < -0.3 is 19.1 Å². The van der Waals surface area contributed by atoms with Crippen molar-refractivity contribution in [1.82, 2.24) is 4.90 Å². The maximum Gasteiger partial charge on any atom is 0.308 e. The zero-order chi connectivity index (χ0) is 28.1. The minimum Gasteiger partial charge on any atom is -0.493 e. The first-order valence-electron chi connectivity index (χ1n) is 12.5. The summed E-state index contributed by atoms with van der Waals surface area (Å²) in [5.74, 6) is -0.271. The van der Waals surface area contributed by atoms with E-state index in [-0.39, 0.29) is 18.9 Å². The number of esters is 1. The molecule has 1 unspecified atom stereocenters. The molecule has 9 nitrogen and oxygen atoms in total. The third kappa shape index (κ3) is 5.93. The number of rotatable bonds is 9. The number of hydrogen-bond acceptors (Lipinski definition) is 7. The summed E-state index contributed by atoms with van der Waals surface area (Å²) in [4.78, 5) is 54.3. The van der Waals surface area contributed by atoms with E-state index in [4.69, 9.17) is 14.2 Å². The molecule has 0 saturated carbocycles. The Morgan fingerprint density at radius 1 is 0.949 bits per heavy atom. The van der Waals surface area contributed by atoms with Gasteiger partial charge in [0, 0.05) is 19.0 Å². The molecule has 4 rings (SSSR count). The van der Waals surface area contributed by atoms with E-state index in [1.165, 1.54) is 36.1 Å². The molecule has 0 radical (unpaired) electrons. The third-order valence-corrected chi connectivity index (χ3v) is 6.58. The summed E-state index contributed by atoms with van der Waals surface area (Å²) >= 11 is 0. The molecular weight excluding hydrogens is 500 g/mol. The van der Waals surface area contributed by atoms with E-state index in [1.54, 1.807) is 32.4 Å². The van der Waals surface area contributed by atoms with Crippen LogP contribution in [0.15, 0.2) is 66.7 Å². The van der Waals surface area contributed by atoms with Gasteiger partial charge in [0.25, 0.3) is 11.8 Å². The van der Waals surface area contributed by atoms with Gasteiger partial charge in [-0.15, -0.1) is 0 Å². The Morgan fingerprint density at radius 3 is 2.28 bits per heavy atom. The first-order valence-corrected chi connectivity index (χ1v) is 12.5. The van der Waals surface area contributed by atoms with E-state index in [9.17, 15) is 19.2 Å². The average Bonchev–Trinajstić information content (AvgIpc) is 3.22. The van der Waals surface area contributed by atoms with Gasteiger partial charge >= 0.3 is 5.97 Å². The SMILES string of the molecule is COc1ccc(CCN(C(=O)c2ccccc2C)C2CC(=O)N(c3ccc(OC(C)=O)cc3)C2=O)cc1OC. The van der Waals surface area contributed by atoms with Crippen molar-refractivity contribution in [2.45, 2.75) is 32.7 Å². The molecule has 1 aliphatic heterocycles. The second-order valence-electron chi connectivity index (χ2n) is 9.13. The van der Waals surface area contributed by atoms with Crippen LogP contribution >= 0.6 is 0 Å². The largest absolute Gasteiger partial charge is 0.493 e. The number of amides is 3. The highest BCUT2D eigenvalue weighted by molar-refractivity contribution is 6.23. The molecule has 3 aromatic rings.